The minimum atomic E-state index is -4.24. The number of halogens is 4. The maximum Gasteiger partial charge on any atom is 0.390 e. The second kappa shape index (κ2) is 5.02. The Morgan fingerprint density at radius 1 is 1.62 bits per heavy atom. The number of carbonyl (C=O) groups is 1. The molecule has 0 aliphatic carbocycles. The van der Waals surface area contributed by atoms with Gasteiger partial charge in [0.15, 0.2) is 0 Å². The largest absolute Gasteiger partial charge is 0.465 e. The van der Waals surface area contributed by atoms with E-state index in [1.165, 1.54) is 13.3 Å². The molecule has 0 saturated carbocycles. The molecule has 0 aromatic carbocycles. The molecule has 0 radical (unpaired) electrons. The molecule has 0 atom stereocenters. The fourth-order valence-corrected chi connectivity index (χ4v) is 1.73. The normalized spacial score (nSPS) is 11.6. The van der Waals surface area contributed by atoms with Crippen molar-refractivity contribution in [3.8, 4) is 0 Å². The Morgan fingerprint density at radius 2 is 2.25 bits per heavy atom. The van der Waals surface area contributed by atoms with Crippen molar-refractivity contribution in [3.05, 3.63) is 15.5 Å². The summed E-state index contributed by atoms with van der Waals surface area (Å²) in [6.45, 7) is -0.307. The van der Waals surface area contributed by atoms with Crippen molar-refractivity contribution in [2.75, 3.05) is 7.11 Å². The minimum absolute atomic E-state index is 0.172. The Morgan fingerprint density at radius 3 is 2.75 bits per heavy atom. The SMILES string of the molecule is COC(=O)c1cnn(CCC(F)(F)F)c1I. The van der Waals surface area contributed by atoms with Crippen molar-refractivity contribution in [2.45, 2.75) is 19.1 Å². The van der Waals surface area contributed by atoms with E-state index < -0.39 is 18.6 Å². The maximum absolute atomic E-state index is 12.0. The first kappa shape index (κ1) is 13.3. The first-order valence-corrected chi connectivity index (χ1v) is 5.29. The highest BCUT2D eigenvalue weighted by molar-refractivity contribution is 14.1. The number of carbonyl (C=O) groups excluding carboxylic acids is 1. The summed E-state index contributed by atoms with van der Waals surface area (Å²) in [5.41, 5.74) is 0.172. The van der Waals surface area contributed by atoms with Gasteiger partial charge in [0.1, 0.15) is 9.26 Å². The molecule has 0 amide bonds. The summed E-state index contributed by atoms with van der Waals surface area (Å²) in [6.07, 6.45) is -4.02. The monoisotopic (exact) mass is 348 g/mol. The number of aromatic nitrogens is 2. The van der Waals surface area contributed by atoms with Crippen LogP contribution in [0.3, 0.4) is 0 Å². The van der Waals surface area contributed by atoms with E-state index in [1.807, 2.05) is 0 Å². The molecule has 0 aliphatic rings. The number of rotatable bonds is 3. The van der Waals surface area contributed by atoms with Gasteiger partial charge in [0.25, 0.3) is 0 Å². The van der Waals surface area contributed by atoms with Gasteiger partial charge in [-0.1, -0.05) is 0 Å². The van der Waals surface area contributed by atoms with E-state index in [0.29, 0.717) is 3.70 Å². The Hall–Kier alpha value is -0.800. The number of aryl methyl sites for hydroxylation is 1. The summed E-state index contributed by atoms with van der Waals surface area (Å²) in [5.74, 6) is -0.609. The van der Waals surface area contributed by atoms with Crippen molar-refractivity contribution < 1.29 is 22.7 Å². The Bertz CT molecular complexity index is 389. The van der Waals surface area contributed by atoms with Crippen molar-refractivity contribution in [1.29, 1.82) is 0 Å². The number of hydrogen-bond donors (Lipinski definition) is 0. The van der Waals surface area contributed by atoms with Gasteiger partial charge >= 0.3 is 12.1 Å². The van der Waals surface area contributed by atoms with E-state index in [1.54, 1.807) is 22.6 Å². The predicted molar refractivity (Wildman–Crippen MR) is 57.0 cm³/mol. The van der Waals surface area contributed by atoms with Crippen LogP contribution in [0.15, 0.2) is 6.20 Å². The standard InChI is InChI=1S/C8H8F3IN2O2/c1-16-7(15)5-4-13-14(6(5)12)3-2-8(9,10)11/h4H,2-3H2,1H3. The van der Waals surface area contributed by atoms with Gasteiger partial charge < -0.3 is 4.74 Å². The number of alkyl halides is 3. The lowest BCUT2D eigenvalue weighted by Crippen LogP contribution is -2.14. The summed E-state index contributed by atoms with van der Waals surface area (Å²) in [7, 11) is 1.20. The third-order valence-electron chi connectivity index (χ3n) is 1.79. The topological polar surface area (TPSA) is 44.1 Å². The fourth-order valence-electron chi connectivity index (χ4n) is 1.01. The molecule has 0 bridgehead atoms. The van der Waals surface area contributed by atoms with Crippen LogP contribution in [-0.4, -0.2) is 29.0 Å². The van der Waals surface area contributed by atoms with E-state index in [9.17, 15) is 18.0 Å². The van der Waals surface area contributed by atoms with Crippen molar-refractivity contribution >= 4 is 28.6 Å². The second-order valence-electron chi connectivity index (χ2n) is 2.93. The number of methoxy groups -OCH3 is 1. The highest BCUT2D eigenvalue weighted by atomic mass is 127. The number of esters is 1. The first-order chi connectivity index (χ1) is 7.35. The molecule has 90 valence electrons. The van der Waals surface area contributed by atoms with Gasteiger partial charge in [-0.2, -0.15) is 18.3 Å². The van der Waals surface area contributed by atoms with Gasteiger partial charge in [-0.15, -0.1) is 0 Å². The van der Waals surface area contributed by atoms with Gasteiger partial charge in [-0.25, -0.2) is 4.79 Å². The van der Waals surface area contributed by atoms with E-state index in [-0.39, 0.29) is 12.1 Å². The first-order valence-electron chi connectivity index (χ1n) is 4.21. The molecular formula is C8H8F3IN2O2. The molecule has 1 heterocycles. The van der Waals surface area contributed by atoms with E-state index in [4.69, 9.17) is 0 Å². The van der Waals surface area contributed by atoms with Crippen LogP contribution in [0.2, 0.25) is 0 Å². The van der Waals surface area contributed by atoms with Crippen molar-refractivity contribution in [1.82, 2.24) is 9.78 Å². The van der Waals surface area contributed by atoms with Crippen LogP contribution in [0.1, 0.15) is 16.8 Å². The highest BCUT2D eigenvalue weighted by Crippen LogP contribution is 2.21. The zero-order valence-electron chi connectivity index (χ0n) is 8.21. The van der Waals surface area contributed by atoms with Crippen LogP contribution < -0.4 is 0 Å². The fraction of sp³-hybridized carbons (Fsp3) is 0.500. The van der Waals surface area contributed by atoms with Crippen molar-refractivity contribution in [2.24, 2.45) is 0 Å². The molecule has 0 unspecified atom stereocenters. The average Bonchev–Trinajstić information content (AvgIpc) is 2.55. The smallest absolute Gasteiger partial charge is 0.390 e. The van der Waals surface area contributed by atoms with Crippen molar-refractivity contribution in [3.63, 3.8) is 0 Å². The van der Waals surface area contributed by atoms with Gasteiger partial charge in [0.05, 0.1) is 26.3 Å². The molecule has 0 N–H and O–H groups in total. The quantitative estimate of drug-likeness (QED) is 0.622. The molecule has 0 spiro atoms. The zero-order chi connectivity index (χ0) is 12.3. The summed E-state index contributed by atoms with van der Waals surface area (Å²) in [5, 5.41) is 3.70. The van der Waals surface area contributed by atoms with E-state index >= 15 is 0 Å². The summed E-state index contributed by atoms with van der Waals surface area (Å²) < 4.78 is 41.8. The number of ether oxygens (including phenoxy) is 1. The summed E-state index contributed by atoms with van der Waals surface area (Å²) in [6, 6.07) is 0. The lowest BCUT2D eigenvalue weighted by Gasteiger charge is -2.07. The number of hydrogen-bond acceptors (Lipinski definition) is 3. The Balaban J connectivity index is 2.77. The zero-order valence-corrected chi connectivity index (χ0v) is 10.4. The summed E-state index contributed by atoms with van der Waals surface area (Å²) >= 11 is 1.76. The van der Waals surface area contributed by atoms with Crippen LogP contribution in [0.4, 0.5) is 13.2 Å². The average molecular weight is 348 g/mol. The van der Waals surface area contributed by atoms with Crippen LogP contribution in [0.25, 0.3) is 0 Å². The van der Waals surface area contributed by atoms with E-state index in [2.05, 4.69) is 9.84 Å². The molecule has 1 rings (SSSR count). The molecule has 1 aromatic heterocycles. The lowest BCUT2D eigenvalue weighted by molar-refractivity contribution is -0.137. The summed E-state index contributed by atoms with van der Waals surface area (Å²) in [4.78, 5) is 11.1. The molecule has 8 heteroatoms. The van der Waals surface area contributed by atoms with E-state index in [0.717, 1.165) is 4.68 Å². The van der Waals surface area contributed by atoms with Gasteiger partial charge in [0.2, 0.25) is 0 Å². The molecule has 0 saturated heterocycles. The number of nitrogens with zero attached hydrogens (tertiary/aromatic N) is 2. The molecule has 0 fully saturated rings. The van der Waals surface area contributed by atoms with Crippen LogP contribution in [0.5, 0.6) is 0 Å². The molecule has 0 aliphatic heterocycles. The Labute approximate surface area is 103 Å². The molecule has 1 aromatic rings. The van der Waals surface area contributed by atoms with Gasteiger partial charge in [0, 0.05) is 0 Å². The third kappa shape index (κ3) is 3.35. The van der Waals surface area contributed by atoms with Crippen LogP contribution in [0, 0.1) is 3.70 Å². The lowest BCUT2D eigenvalue weighted by atomic mass is 10.4. The molecular weight excluding hydrogens is 340 g/mol. The predicted octanol–water partition coefficient (Wildman–Crippen LogP) is 2.23. The molecule has 4 nitrogen and oxygen atoms in total. The van der Waals surface area contributed by atoms with Gasteiger partial charge in [-0.05, 0) is 22.6 Å². The maximum atomic E-state index is 12.0. The Kier molecular flexibility index (Phi) is 4.16. The van der Waals surface area contributed by atoms with Crippen LogP contribution >= 0.6 is 22.6 Å². The second-order valence-corrected chi connectivity index (χ2v) is 3.95. The van der Waals surface area contributed by atoms with Crippen LogP contribution in [-0.2, 0) is 11.3 Å². The highest BCUT2D eigenvalue weighted by Gasteiger charge is 2.27. The molecule has 16 heavy (non-hydrogen) atoms. The van der Waals surface area contributed by atoms with Gasteiger partial charge in [-0.3, -0.25) is 4.68 Å². The minimum Gasteiger partial charge on any atom is -0.465 e. The third-order valence-corrected chi connectivity index (χ3v) is 2.93.